The lowest BCUT2D eigenvalue weighted by molar-refractivity contribution is 0.0524. The first kappa shape index (κ1) is 21.5. The summed E-state index contributed by atoms with van der Waals surface area (Å²) in [7, 11) is 0. The molecule has 1 aliphatic heterocycles. The average Bonchev–Trinajstić information content (AvgIpc) is 2.88. The van der Waals surface area contributed by atoms with Crippen LogP contribution < -0.4 is 0 Å². The number of carbonyl (C=O) groups excluding carboxylic acids is 3. The minimum absolute atomic E-state index is 0.0344. The van der Waals surface area contributed by atoms with E-state index in [-0.39, 0.29) is 24.0 Å². The maximum absolute atomic E-state index is 14.0. The Kier molecular flexibility index (Phi) is 6.54. The molecule has 0 atom stereocenters. The van der Waals surface area contributed by atoms with Crippen molar-refractivity contribution < 1.29 is 23.5 Å². The first-order chi connectivity index (χ1) is 14.3. The third-order valence-corrected chi connectivity index (χ3v) is 5.31. The molecule has 0 bridgehead atoms. The van der Waals surface area contributed by atoms with Crippen molar-refractivity contribution in [1.82, 2.24) is 14.8 Å². The minimum Gasteiger partial charge on any atom is -0.462 e. The minimum atomic E-state index is -0.552. The van der Waals surface area contributed by atoms with Crippen molar-refractivity contribution in [3.63, 3.8) is 0 Å². The van der Waals surface area contributed by atoms with Crippen molar-refractivity contribution in [3.05, 3.63) is 58.2 Å². The van der Waals surface area contributed by atoms with Crippen molar-refractivity contribution in [1.29, 1.82) is 0 Å². The predicted octanol–water partition coefficient (Wildman–Crippen LogP) is 2.94. The van der Waals surface area contributed by atoms with E-state index in [4.69, 9.17) is 4.74 Å². The number of hydrogen-bond donors (Lipinski definition) is 1. The number of aromatic nitrogens is 1. The number of nitrogens with one attached hydrogen (secondary N) is 1. The highest BCUT2D eigenvalue weighted by Crippen LogP contribution is 2.21. The first-order valence-corrected chi connectivity index (χ1v) is 10.0. The average molecular weight is 415 g/mol. The number of halogens is 1. The van der Waals surface area contributed by atoms with Crippen molar-refractivity contribution >= 4 is 17.8 Å². The van der Waals surface area contributed by atoms with E-state index >= 15 is 0 Å². The Morgan fingerprint density at radius 1 is 1.03 bits per heavy atom. The molecule has 2 amide bonds. The van der Waals surface area contributed by atoms with Crippen molar-refractivity contribution in [2.24, 2.45) is 0 Å². The number of esters is 1. The van der Waals surface area contributed by atoms with E-state index in [1.165, 1.54) is 12.1 Å². The molecule has 30 heavy (non-hydrogen) atoms. The fraction of sp³-hybridized carbons (Fsp3) is 0.409. The smallest absolute Gasteiger partial charge is 0.340 e. The van der Waals surface area contributed by atoms with Crippen LogP contribution in [0.3, 0.4) is 0 Å². The summed E-state index contributed by atoms with van der Waals surface area (Å²) in [6.45, 7) is 6.96. The van der Waals surface area contributed by atoms with Gasteiger partial charge in [0.25, 0.3) is 11.8 Å². The van der Waals surface area contributed by atoms with Crippen LogP contribution in [0.25, 0.3) is 0 Å². The molecule has 1 aromatic carbocycles. The highest BCUT2D eigenvalue weighted by Gasteiger charge is 2.28. The molecule has 1 saturated heterocycles. The number of hydrogen-bond acceptors (Lipinski definition) is 4. The summed E-state index contributed by atoms with van der Waals surface area (Å²) in [5.41, 5.74) is 1.91. The zero-order chi connectivity index (χ0) is 21.8. The quantitative estimate of drug-likeness (QED) is 0.779. The molecule has 0 saturated carbocycles. The topological polar surface area (TPSA) is 82.7 Å². The van der Waals surface area contributed by atoms with Crippen LogP contribution in [0.2, 0.25) is 0 Å². The van der Waals surface area contributed by atoms with Gasteiger partial charge in [0.2, 0.25) is 0 Å². The molecular weight excluding hydrogens is 389 g/mol. The molecule has 2 aromatic rings. The van der Waals surface area contributed by atoms with Gasteiger partial charge in [-0.2, -0.15) is 0 Å². The summed E-state index contributed by atoms with van der Waals surface area (Å²) in [5, 5.41) is 0. The van der Waals surface area contributed by atoms with Gasteiger partial charge in [0.1, 0.15) is 11.5 Å². The van der Waals surface area contributed by atoms with Gasteiger partial charge in [0, 0.05) is 31.9 Å². The molecule has 1 aliphatic rings. The Bertz CT molecular complexity index is 969. The fourth-order valence-corrected chi connectivity index (χ4v) is 3.76. The van der Waals surface area contributed by atoms with Crippen LogP contribution in [0, 0.1) is 19.7 Å². The van der Waals surface area contributed by atoms with Gasteiger partial charge in [-0.25, -0.2) is 9.18 Å². The number of ether oxygens (including phenoxy) is 1. The third kappa shape index (κ3) is 4.22. The number of aromatic amines is 1. The number of aryl methyl sites for hydroxylation is 1. The van der Waals surface area contributed by atoms with E-state index in [0.29, 0.717) is 55.1 Å². The largest absolute Gasteiger partial charge is 0.462 e. The summed E-state index contributed by atoms with van der Waals surface area (Å²) in [4.78, 5) is 44.2. The van der Waals surface area contributed by atoms with E-state index in [0.717, 1.165) is 0 Å². The van der Waals surface area contributed by atoms with Crippen LogP contribution in [0.1, 0.15) is 55.8 Å². The molecule has 2 heterocycles. The van der Waals surface area contributed by atoms with E-state index < -0.39 is 11.8 Å². The molecule has 3 rings (SSSR count). The lowest BCUT2D eigenvalue weighted by Gasteiger charge is -2.22. The van der Waals surface area contributed by atoms with E-state index in [9.17, 15) is 18.8 Å². The standard InChI is InChI=1S/C22H26FN3O4/c1-4-30-22(29)18-14(2)19(24-15(18)3)21(28)26-11-7-10-25(12-13-26)20(27)16-8-5-6-9-17(16)23/h5-6,8-9,24H,4,7,10-13H2,1-3H3. The van der Waals surface area contributed by atoms with Crippen LogP contribution in [-0.4, -0.2) is 65.4 Å². The molecule has 1 aromatic heterocycles. The van der Waals surface area contributed by atoms with Crippen LogP contribution >= 0.6 is 0 Å². The normalized spacial score (nSPS) is 14.4. The van der Waals surface area contributed by atoms with Gasteiger partial charge in [0.15, 0.2) is 0 Å². The Labute approximate surface area is 174 Å². The van der Waals surface area contributed by atoms with Crippen molar-refractivity contribution in [2.45, 2.75) is 27.2 Å². The Hall–Kier alpha value is -3.16. The SMILES string of the molecule is CCOC(=O)c1c(C)[nH]c(C(=O)N2CCCN(C(=O)c3ccccc3F)CC2)c1C. The molecule has 8 heteroatoms. The van der Waals surface area contributed by atoms with Crippen LogP contribution in [-0.2, 0) is 4.74 Å². The fourth-order valence-electron chi connectivity index (χ4n) is 3.76. The van der Waals surface area contributed by atoms with Crippen LogP contribution in [0.4, 0.5) is 4.39 Å². The lowest BCUT2D eigenvalue weighted by Crippen LogP contribution is -2.38. The molecule has 0 aliphatic carbocycles. The Morgan fingerprint density at radius 2 is 1.67 bits per heavy atom. The summed E-state index contributed by atoms with van der Waals surface area (Å²) >= 11 is 0. The first-order valence-electron chi connectivity index (χ1n) is 10.0. The zero-order valence-electron chi connectivity index (χ0n) is 17.5. The van der Waals surface area contributed by atoms with Crippen molar-refractivity contribution in [2.75, 3.05) is 32.8 Å². The number of H-pyrrole nitrogens is 1. The Balaban J connectivity index is 1.74. The summed E-state index contributed by atoms with van der Waals surface area (Å²) in [5.74, 6) is -1.62. The highest BCUT2D eigenvalue weighted by atomic mass is 19.1. The number of rotatable bonds is 4. The maximum atomic E-state index is 14.0. The van der Waals surface area contributed by atoms with Gasteiger partial charge in [-0.1, -0.05) is 12.1 Å². The van der Waals surface area contributed by atoms with E-state index in [2.05, 4.69) is 4.98 Å². The van der Waals surface area contributed by atoms with Gasteiger partial charge in [-0.15, -0.1) is 0 Å². The number of carbonyl (C=O) groups is 3. The molecule has 1 fully saturated rings. The molecule has 7 nitrogen and oxygen atoms in total. The second-order valence-corrected chi connectivity index (χ2v) is 7.26. The predicted molar refractivity (Wildman–Crippen MR) is 109 cm³/mol. The monoisotopic (exact) mass is 415 g/mol. The summed E-state index contributed by atoms with van der Waals surface area (Å²) in [6, 6.07) is 5.90. The van der Waals surface area contributed by atoms with Gasteiger partial charge >= 0.3 is 5.97 Å². The van der Waals surface area contributed by atoms with Gasteiger partial charge in [-0.05, 0) is 44.9 Å². The third-order valence-electron chi connectivity index (χ3n) is 5.31. The summed E-state index contributed by atoms with van der Waals surface area (Å²) in [6.07, 6.45) is 0.579. The second kappa shape index (κ2) is 9.11. The molecule has 160 valence electrons. The van der Waals surface area contributed by atoms with Gasteiger partial charge in [0.05, 0.1) is 17.7 Å². The lowest BCUT2D eigenvalue weighted by atomic mass is 10.1. The molecule has 0 unspecified atom stereocenters. The van der Waals surface area contributed by atoms with E-state index in [1.54, 1.807) is 42.7 Å². The summed E-state index contributed by atoms with van der Waals surface area (Å²) < 4.78 is 19.1. The van der Waals surface area contributed by atoms with Crippen LogP contribution in [0.15, 0.2) is 24.3 Å². The van der Waals surface area contributed by atoms with Crippen LogP contribution in [0.5, 0.6) is 0 Å². The zero-order valence-corrected chi connectivity index (χ0v) is 17.5. The Morgan fingerprint density at radius 3 is 2.30 bits per heavy atom. The second-order valence-electron chi connectivity index (χ2n) is 7.26. The number of amides is 2. The van der Waals surface area contributed by atoms with Gasteiger partial charge in [-0.3, -0.25) is 9.59 Å². The number of nitrogens with zero attached hydrogens (tertiary/aromatic N) is 2. The number of benzene rings is 1. The highest BCUT2D eigenvalue weighted by molar-refractivity contribution is 6.00. The van der Waals surface area contributed by atoms with Crippen molar-refractivity contribution in [3.8, 4) is 0 Å². The molecular formula is C22H26FN3O4. The maximum Gasteiger partial charge on any atom is 0.340 e. The van der Waals surface area contributed by atoms with Gasteiger partial charge < -0.3 is 19.5 Å². The van der Waals surface area contributed by atoms with E-state index in [1.807, 2.05) is 0 Å². The molecule has 0 radical (unpaired) electrons. The molecule has 1 N–H and O–H groups in total. The molecule has 0 spiro atoms.